The van der Waals surface area contributed by atoms with Crippen molar-refractivity contribution >= 4 is 22.2 Å². The Morgan fingerprint density at radius 2 is 2.10 bits per heavy atom. The van der Waals surface area contributed by atoms with Gasteiger partial charge in [0.05, 0.1) is 18.8 Å². The number of fused-ring (bicyclic) bond motifs is 1. The molecule has 0 radical (unpaired) electrons. The lowest BCUT2D eigenvalue weighted by atomic mass is 10.2. The van der Waals surface area contributed by atoms with Crippen molar-refractivity contribution in [1.29, 1.82) is 0 Å². The third-order valence-electron chi connectivity index (χ3n) is 3.59. The van der Waals surface area contributed by atoms with Crippen LogP contribution in [0.5, 0.6) is 5.75 Å². The van der Waals surface area contributed by atoms with Gasteiger partial charge >= 0.3 is 0 Å². The third-order valence-corrected chi connectivity index (χ3v) is 4.65. The van der Waals surface area contributed by atoms with E-state index in [9.17, 15) is 0 Å². The number of thiazole rings is 1. The molecule has 0 saturated carbocycles. The molecule has 3 aromatic rings. The van der Waals surface area contributed by atoms with Crippen molar-refractivity contribution in [3.05, 3.63) is 46.0 Å². The van der Waals surface area contributed by atoms with Crippen LogP contribution in [-0.2, 0) is 6.54 Å². The maximum atomic E-state index is 5.69. The lowest BCUT2D eigenvalue weighted by Gasteiger charge is -2.06. The number of hydrogen-bond acceptors (Lipinski definition) is 3. The summed E-state index contributed by atoms with van der Waals surface area (Å²) in [5.74, 6) is 0.947. The topological polar surface area (TPSA) is 27.1 Å². The summed E-state index contributed by atoms with van der Waals surface area (Å²) >= 11 is 1.78. The van der Waals surface area contributed by atoms with Crippen LogP contribution in [-0.4, -0.2) is 16.2 Å². The molecular weight excluding hydrogens is 280 g/mol. The molecule has 0 aliphatic carbocycles. The number of benzene rings is 1. The van der Waals surface area contributed by atoms with E-state index in [4.69, 9.17) is 4.74 Å². The minimum atomic E-state index is 0.768. The summed E-state index contributed by atoms with van der Waals surface area (Å²) in [6.45, 7) is 7.91. The maximum absolute atomic E-state index is 5.69. The Bertz CT molecular complexity index is 738. The molecule has 2 aromatic heterocycles. The molecule has 0 saturated heterocycles. The Labute approximate surface area is 129 Å². The van der Waals surface area contributed by atoms with Gasteiger partial charge in [0.1, 0.15) is 10.8 Å². The van der Waals surface area contributed by atoms with Gasteiger partial charge < -0.3 is 9.30 Å². The highest BCUT2D eigenvalue weighted by atomic mass is 32.1. The number of rotatable bonds is 5. The minimum absolute atomic E-state index is 0.768. The first kappa shape index (κ1) is 14.1. The molecule has 0 spiro atoms. The average molecular weight is 300 g/mol. The summed E-state index contributed by atoms with van der Waals surface area (Å²) in [6.07, 6.45) is 3.15. The number of hydrogen-bond donors (Lipinski definition) is 0. The molecule has 0 bridgehead atoms. The standard InChI is InChI=1S/C17H20N2OS/c1-4-9-20-15-5-6-16-14(10-15)7-8-19(16)11-17-18-12(2)13(3)21-17/h5-8,10H,4,9,11H2,1-3H3. The van der Waals surface area contributed by atoms with E-state index < -0.39 is 0 Å². The average Bonchev–Trinajstić information content (AvgIpc) is 3.01. The quantitative estimate of drug-likeness (QED) is 0.691. The normalized spacial score (nSPS) is 11.2. The number of aryl methyl sites for hydroxylation is 2. The van der Waals surface area contributed by atoms with Crippen LogP contribution in [0.1, 0.15) is 28.9 Å². The molecule has 0 atom stereocenters. The zero-order valence-electron chi connectivity index (χ0n) is 12.7. The summed E-state index contributed by atoms with van der Waals surface area (Å²) < 4.78 is 7.94. The van der Waals surface area contributed by atoms with Crippen molar-refractivity contribution in [2.75, 3.05) is 6.61 Å². The van der Waals surface area contributed by atoms with Crippen molar-refractivity contribution < 1.29 is 4.74 Å². The van der Waals surface area contributed by atoms with Gasteiger partial charge in [-0.2, -0.15) is 0 Å². The van der Waals surface area contributed by atoms with Gasteiger partial charge in [0.25, 0.3) is 0 Å². The van der Waals surface area contributed by atoms with E-state index >= 15 is 0 Å². The van der Waals surface area contributed by atoms with Crippen LogP contribution in [0.15, 0.2) is 30.5 Å². The van der Waals surface area contributed by atoms with E-state index in [1.165, 1.54) is 15.8 Å². The third kappa shape index (κ3) is 2.95. The Kier molecular flexibility index (Phi) is 3.97. The van der Waals surface area contributed by atoms with E-state index in [0.717, 1.165) is 36.0 Å². The fourth-order valence-corrected chi connectivity index (χ4v) is 3.31. The molecule has 0 aliphatic heterocycles. The fourth-order valence-electron chi connectivity index (χ4n) is 2.38. The molecule has 0 N–H and O–H groups in total. The SMILES string of the molecule is CCCOc1ccc2c(ccn2Cc2nc(C)c(C)s2)c1. The summed E-state index contributed by atoms with van der Waals surface area (Å²) in [7, 11) is 0. The lowest BCUT2D eigenvalue weighted by Crippen LogP contribution is -1.98. The minimum Gasteiger partial charge on any atom is -0.494 e. The first-order valence-corrected chi connectivity index (χ1v) is 8.13. The first-order valence-electron chi connectivity index (χ1n) is 7.32. The van der Waals surface area contributed by atoms with E-state index in [2.05, 4.69) is 54.7 Å². The smallest absolute Gasteiger partial charge is 0.120 e. The molecule has 0 unspecified atom stereocenters. The van der Waals surface area contributed by atoms with Crippen molar-refractivity contribution in [1.82, 2.24) is 9.55 Å². The molecule has 3 rings (SSSR count). The van der Waals surface area contributed by atoms with Crippen LogP contribution in [0.2, 0.25) is 0 Å². The maximum Gasteiger partial charge on any atom is 0.120 e. The van der Waals surface area contributed by atoms with Gasteiger partial charge in [0, 0.05) is 22.0 Å². The van der Waals surface area contributed by atoms with Crippen LogP contribution in [0.25, 0.3) is 10.9 Å². The number of nitrogens with zero attached hydrogens (tertiary/aromatic N) is 2. The van der Waals surface area contributed by atoms with Crippen LogP contribution in [0.4, 0.5) is 0 Å². The van der Waals surface area contributed by atoms with Crippen molar-refractivity contribution in [3.63, 3.8) is 0 Å². The van der Waals surface area contributed by atoms with Crippen molar-refractivity contribution in [2.24, 2.45) is 0 Å². The van der Waals surface area contributed by atoms with Crippen LogP contribution < -0.4 is 4.74 Å². The van der Waals surface area contributed by atoms with Gasteiger partial charge in [0.2, 0.25) is 0 Å². The van der Waals surface area contributed by atoms with Gasteiger partial charge in [0.15, 0.2) is 0 Å². The first-order chi connectivity index (χ1) is 10.2. The highest BCUT2D eigenvalue weighted by Gasteiger charge is 2.07. The molecule has 3 nitrogen and oxygen atoms in total. The molecular formula is C17H20N2OS. The highest BCUT2D eigenvalue weighted by molar-refractivity contribution is 7.11. The Balaban J connectivity index is 1.86. The van der Waals surface area contributed by atoms with Gasteiger partial charge in [-0.05, 0) is 44.5 Å². The van der Waals surface area contributed by atoms with Gasteiger partial charge in [-0.25, -0.2) is 4.98 Å². The van der Waals surface area contributed by atoms with Gasteiger partial charge in [-0.1, -0.05) is 6.92 Å². The van der Waals surface area contributed by atoms with Gasteiger partial charge in [-0.3, -0.25) is 0 Å². The molecule has 0 fully saturated rings. The lowest BCUT2D eigenvalue weighted by molar-refractivity contribution is 0.318. The van der Waals surface area contributed by atoms with Crippen LogP contribution in [0, 0.1) is 13.8 Å². The van der Waals surface area contributed by atoms with Crippen molar-refractivity contribution in [3.8, 4) is 5.75 Å². The second-order valence-corrected chi connectivity index (χ2v) is 6.55. The fraction of sp³-hybridized carbons (Fsp3) is 0.353. The van der Waals surface area contributed by atoms with Gasteiger partial charge in [-0.15, -0.1) is 11.3 Å². The summed E-state index contributed by atoms with van der Waals surface area (Å²) in [4.78, 5) is 5.93. The molecule has 110 valence electrons. The van der Waals surface area contributed by atoms with Crippen molar-refractivity contribution in [2.45, 2.75) is 33.7 Å². The Hall–Kier alpha value is -1.81. The van der Waals surface area contributed by atoms with E-state index in [1.54, 1.807) is 11.3 Å². The van der Waals surface area contributed by atoms with E-state index in [0.29, 0.717) is 0 Å². The Morgan fingerprint density at radius 1 is 1.24 bits per heavy atom. The molecule has 0 amide bonds. The van der Waals surface area contributed by atoms with Crippen LogP contribution >= 0.6 is 11.3 Å². The number of ether oxygens (including phenoxy) is 1. The molecule has 2 heterocycles. The molecule has 0 aliphatic rings. The predicted molar refractivity (Wildman–Crippen MR) is 88.4 cm³/mol. The second kappa shape index (κ2) is 5.90. The highest BCUT2D eigenvalue weighted by Crippen LogP contribution is 2.24. The van der Waals surface area contributed by atoms with E-state index in [-0.39, 0.29) is 0 Å². The molecule has 21 heavy (non-hydrogen) atoms. The summed E-state index contributed by atoms with van der Waals surface area (Å²) in [6, 6.07) is 8.43. The van der Waals surface area contributed by atoms with Crippen LogP contribution in [0.3, 0.4) is 0 Å². The number of aromatic nitrogens is 2. The largest absolute Gasteiger partial charge is 0.494 e. The summed E-state index contributed by atoms with van der Waals surface area (Å²) in [5, 5.41) is 2.38. The predicted octanol–water partition coefficient (Wildman–Crippen LogP) is 4.55. The molecule has 1 aromatic carbocycles. The zero-order chi connectivity index (χ0) is 14.8. The Morgan fingerprint density at radius 3 is 2.81 bits per heavy atom. The summed E-state index contributed by atoms with van der Waals surface area (Å²) in [5.41, 5.74) is 2.37. The second-order valence-electron chi connectivity index (χ2n) is 5.26. The molecule has 4 heteroatoms. The zero-order valence-corrected chi connectivity index (χ0v) is 13.5. The monoisotopic (exact) mass is 300 g/mol. The van der Waals surface area contributed by atoms with E-state index in [1.807, 2.05) is 6.07 Å².